The Morgan fingerprint density at radius 1 is 1.00 bits per heavy atom. The molecule has 3 aromatic rings. The Balaban J connectivity index is 1.99. The number of carbonyl (C=O) groups excluding carboxylic acids is 1. The molecule has 0 fully saturated rings. The number of sulfonamides is 1. The number of para-hydroxylation sites is 1. The molecule has 0 saturated carbocycles. The van der Waals surface area contributed by atoms with E-state index in [9.17, 15) is 23.3 Å². The Hall–Kier alpha value is -3.76. The summed E-state index contributed by atoms with van der Waals surface area (Å²) in [5.41, 5.74) is 0.172. The van der Waals surface area contributed by atoms with Gasteiger partial charge >= 0.3 is 0 Å². The number of rotatable bonds is 9. The molecule has 1 amide bonds. The number of nitro benzene ring substituents is 1. The van der Waals surface area contributed by atoms with Crippen LogP contribution in [0.2, 0.25) is 0 Å². The molecule has 3 aromatic carbocycles. The zero-order valence-corrected chi connectivity index (χ0v) is 18.9. The summed E-state index contributed by atoms with van der Waals surface area (Å²) in [4.78, 5) is 23.1. The Morgan fingerprint density at radius 2 is 1.64 bits per heavy atom. The number of ether oxygens (including phenoxy) is 1. The lowest BCUT2D eigenvalue weighted by molar-refractivity contribution is -0.384. The average molecular weight is 470 g/mol. The molecule has 0 aliphatic rings. The van der Waals surface area contributed by atoms with Crippen molar-refractivity contribution in [3.63, 3.8) is 0 Å². The lowest BCUT2D eigenvalue weighted by atomic mass is 10.2. The van der Waals surface area contributed by atoms with Crippen molar-refractivity contribution in [1.82, 2.24) is 4.31 Å². The molecule has 0 aliphatic heterocycles. The van der Waals surface area contributed by atoms with Crippen LogP contribution in [-0.2, 0) is 10.0 Å². The molecule has 10 heteroatoms. The number of anilines is 1. The average Bonchev–Trinajstić information content (AvgIpc) is 2.81. The van der Waals surface area contributed by atoms with Crippen LogP contribution in [0.15, 0.2) is 77.7 Å². The van der Waals surface area contributed by atoms with Gasteiger partial charge in [0.1, 0.15) is 5.75 Å². The number of benzene rings is 3. The summed E-state index contributed by atoms with van der Waals surface area (Å²) in [5.74, 6) is 0.179. The molecule has 0 spiro atoms. The van der Waals surface area contributed by atoms with Gasteiger partial charge in [-0.15, -0.1) is 0 Å². The molecule has 3 rings (SSSR count). The number of hydrogen-bond donors (Lipinski definition) is 1. The van der Waals surface area contributed by atoms with Crippen LogP contribution in [-0.4, -0.2) is 36.6 Å². The van der Waals surface area contributed by atoms with Gasteiger partial charge < -0.3 is 10.1 Å². The first kappa shape index (κ1) is 23.9. The molecule has 0 radical (unpaired) electrons. The molecule has 1 N–H and O–H groups in total. The molecule has 0 bridgehead atoms. The quantitative estimate of drug-likeness (QED) is 0.359. The molecule has 172 valence electrons. The smallest absolute Gasteiger partial charge is 0.269 e. The second-order valence-electron chi connectivity index (χ2n) is 6.92. The van der Waals surface area contributed by atoms with E-state index in [1.807, 2.05) is 6.07 Å². The number of carbonyl (C=O) groups is 1. The Morgan fingerprint density at radius 3 is 2.21 bits per heavy atom. The van der Waals surface area contributed by atoms with Crippen LogP contribution < -0.4 is 10.1 Å². The fourth-order valence-corrected chi connectivity index (χ4v) is 4.60. The van der Waals surface area contributed by atoms with Crippen LogP contribution in [0.1, 0.15) is 24.2 Å². The lowest BCUT2D eigenvalue weighted by Gasteiger charge is -2.20. The van der Waals surface area contributed by atoms with Gasteiger partial charge in [-0.3, -0.25) is 14.9 Å². The van der Waals surface area contributed by atoms with E-state index < -0.39 is 20.9 Å². The number of nitro groups is 1. The predicted octanol–water partition coefficient (Wildman–Crippen LogP) is 4.67. The number of nitrogens with one attached hydrogen (secondary N) is 1. The van der Waals surface area contributed by atoms with E-state index in [4.69, 9.17) is 4.74 Å². The minimum absolute atomic E-state index is 0.00520. The minimum Gasteiger partial charge on any atom is -0.455 e. The summed E-state index contributed by atoms with van der Waals surface area (Å²) in [6.45, 7) is 4.08. The largest absolute Gasteiger partial charge is 0.455 e. The van der Waals surface area contributed by atoms with Crippen molar-refractivity contribution < 1.29 is 22.9 Å². The van der Waals surface area contributed by atoms with Crippen molar-refractivity contribution >= 4 is 27.3 Å². The van der Waals surface area contributed by atoms with Crippen LogP contribution in [0.5, 0.6) is 11.5 Å². The van der Waals surface area contributed by atoms with Crippen LogP contribution in [0, 0.1) is 10.1 Å². The van der Waals surface area contributed by atoms with Crippen molar-refractivity contribution in [1.29, 1.82) is 0 Å². The number of amides is 1. The van der Waals surface area contributed by atoms with Crippen molar-refractivity contribution in [2.45, 2.75) is 18.7 Å². The highest BCUT2D eigenvalue weighted by Gasteiger charge is 2.24. The third-order valence-electron chi connectivity index (χ3n) is 4.85. The number of nitrogens with zero attached hydrogens (tertiary/aromatic N) is 2. The molecule has 33 heavy (non-hydrogen) atoms. The van der Waals surface area contributed by atoms with Gasteiger partial charge in [0.15, 0.2) is 5.75 Å². The highest BCUT2D eigenvalue weighted by atomic mass is 32.2. The first-order chi connectivity index (χ1) is 15.8. The maximum atomic E-state index is 13.0. The van der Waals surface area contributed by atoms with Gasteiger partial charge in [-0.2, -0.15) is 4.31 Å². The van der Waals surface area contributed by atoms with Crippen molar-refractivity contribution in [2.75, 3.05) is 18.4 Å². The van der Waals surface area contributed by atoms with E-state index >= 15 is 0 Å². The summed E-state index contributed by atoms with van der Waals surface area (Å²) < 4.78 is 33.1. The third-order valence-corrected chi connectivity index (χ3v) is 6.90. The molecule has 0 atom stereocenters. The molecule has 0 aliphatic carbocycles. The summed E-state index contributed by atoms with van der Waals surface area (Å²) in [5, 5.41) is 13.5. The van der Waals surface area contributed by atoms with Crippen LogP contribution in [0.3, 0.4) is 0 Å². The first-order valence-electron chi connectivity index (χ1n) is 10.2. The topological polar surface area (TPSA) is 119 Å². The summed E-state index contributed by atoms with van der Waals surface area (Å²) in [7, 11) is -3.78. The maximum absolute atomic E-state index is 13.0. The molecule has 0 unspecified atom stereocenters. The second-order valence-corrected chi connectivity index (χ2v) is 8.86. The SMILES string of the molecule is CCN(CC)S(=O)(=O)c1ccc(Oc2ccccc2)c(NC(=O)c2ccc([N+](=O)[O-])cc2)c1. The lowest BCUT2D eigenvalue weighted by Crippen LogP contribution is -2.30. The fraction of sp³-hybridized carbons (Fsp3) is 0.174. The molecular formula is C23H23N3O6S. The molecule has 0 aromatic heterocycles. The minimum atomic E-state index is -3.78. The fourth-order valence-electron chi connectivity index (χ4n) is 3.11. The van der Waals surface area contributed by atoms with Crippen LogP contribution in [0.4, 0.5) is 11.4 Å². The Kier molecular flexibility index (Phi) is 7.41. The monoisotopic (exact) mass is 469 g/mol. The molecular weight excluding hydrogens is 446 g/mol. The van der Waals surface area contributed by atoms with Crippen LogP contribution in [0.25, 0.3) is 0 Å². The third kappa shape index (κ3) is 5.54. The second kappa shape index (κ2) is 10.2. The van der Waals surface area contributed by atoms with Gasteiger partial charge in [-0.1, -0.05) is 32.0 Å². The number of non-ortho nitro benzene ring substituents is 1. The number of hydrogen-bond acceptors (Lipinski definition) is 6. The zero-order chi connectivity index (χ0) is 24.0. The van der Waals surface area contributed by atoms with Gasteiger partial charge in [0.25, 0.3) is 11.6 Å². The van der Waals surface area contributed by atoms with Gasteiger partial charge in [0.05, 0.1) is 15.5 Å². The van der Waals surface area contributed by atoms with Crippen LogP contribution >= 0.6 is 0 Å². The van der Waals surface area contributed by atoms with E-state index in [1.165, 1.54) is 46.8 Å². The van der Waals surface area contributed by atoms with E-state index in [0.717, 1.165) is 0 Å². The van der Waals surface area contributed by atoms with E-state index in [2.05, 4.69) is 5.32 Å². The molecule has 0 saturated heterocycles. The van der Waals surface area contributed by atoms with E-state index in [1.54, 1.807) is 38.1 Å². The summed E-state index contributed by atoms with van der Waals surface area (Å²) in [6, 6.07) is 18.2. The van der Waals surface area contributed by atoms with E-state index in [0.29, 0.717) is 18.8 Å². The summed E-state index contributed by atoms with van der Waals surface area (Å²) >= 11 is 0. The van der Waals surface area contributed by atoms with E-state index in [-0.39, 0.29) is 27.6 Å². The normalized spacial score (nSPS) is 11.2. The van der Waals surface area contributed by atoms with Crippen molar-refractivity contribution in [3.8, 4) is 11.5 Å². The van der Waals surface area contributed by atoms with Crippen molar-refractivity contribution in [3.05, 3.63) is 88.5 Å². The first-order valence-corrected chi connectivity index (χ1v) is 11.6. The Labute approximate surface area is 191 Å². The summed E-state index contributed by atoms with van der Waals surface area (Å²) in [6.07, 6.45) is 0. The van der Waals surface area contributed by atoms with Gasteiger partial charge in [0.2, 0.25) is 10.0 Å². The highest BCUT2D eigenvalue weighted by Crippen LogP contribution is 2.33. The maximum Gasteiger partial charge on any atom is 0.269 e. The molecule has 0 heterocycles. The predicted molar refractivity (Wildman–Crippen MR) is 124 cm³/mol. The molecule has 9 nitrogen and oxygen atoms in total. The van der Waals surface area contributed by atoms with Gasteiger partial charge in [-0.05, 0) is 42.5 Å². The Bertz CT molecular complexity index is 1240. The van der Waals surface area contributed by atoms with Gasteiger partial charge in [-0.25, -0.2) is 8.42 Å². The standard InChI is InChI=1S/C23H23N3O6S/c1-3-25(4-2)33(30,31)20-14-15-22(32-19-8-6-5-7-9-19)21(16-20)24-23(27)17-10-12-18(13-11-17)26(28)29/h5-16H,3-4H2,1-2H3,(H,24,27). The van der Waals surface area contributed by atoms with Gasteiger partial charge in [0, 0.05) is 30.8 Å². The zero-order valence-electron chi connectivity index (χ0n) is 18.1. The highest BCUT2D eigenvalue weighted by molar-refractivity contribution is 7.89. The van der Waals surface area contributed by atoms with Crippen molar-refractivity contribution in [2.24, 2.45) is 0 Å².